The van der Waals surface area contributed by atoms with Crippen LogP contribution in [0.3, 0.4) is 0 Å². The standard InChI is InChI=1S/C28H37F5O2/c1-19(28(31,32)33)27(34)35-17-5-3-2-4-6-20-7-9-21(10-8-20)22-11-13-23(14-12-22)24-15-16-25(29)26(30)18-24/h15-16,18,20-23H,1-14,17H2. The van der Waals surface area contributed by atoms with E-state index in [-0.39, 0.29) is 6.61 Å². The number of alkyl halides is 3. The second-order valence-electron chi connectivity index (χ2n) is 10.4. The van der Waals surface area contributed by atoms with Gasteiger partial charge in [-0.2, -0.15) is 13.2 Å². The summed E-state index contributed by atoms with van der Waals surface area (Å²) in [7, 11) is 0. The van der Waals surface area contributed by atoms with Crippen LogP contribution >= 0.6 is 0 Å². The largest absolute Gasteiger partial charge is 0.462 e. The predicted molar refractivity (Wildman–Crippen MR) is 126 cm³/mol. The number of hydrogen-bond acceptors (Lipinski definition) is 2. The van der Waals surface area contributed by atoms with E-state index in [0.29, 0.717) is 12.3 Å². The summed E-state index contributed by atoms with van der Waals surface area (Å²) >= 11 is 0. The van der Waals surface area contributed by atoms with Crippen LogP contribution in [0.1, 0.15) is 95.0 Å². The first-order valence-electron chi connectivity index (χ1n) is 13.0. The molecule has 3 rings (SSSR count). The SMILES string of the molecule is C=C(C(=O)OCCCCCCC1CCC(C2CCC(c3ccc(F)c(F)c3)CC2)CC1)C(F)(F)F. The molecule has 2 fully saturated rings. The highest BCUT2D eigenvalue weighted by Gasteiger charge is 2.38. The normalized spacial score (nSPS) is 25.3. The number of esters is 1. The molecule has 1 aromatic rings. The summed E-state index contributed by atoms with van der Waals surface area (Å²) in [6.07, 6.45) is 9.41. The van der Waals surface area contributed by atoms with Gasteiger partial charge in [0.1, 0.15) is 5.57 Å². The number of carbonyl (C=O) groups is 1. The van der Waals surface area contributed by atoms with Gasteiger partial charge in [-0.05, 0) is 86.3 Å². The fraction of sp³-hybridized carbons (Fsp3) is 0.679. The Kier molecular flexibility index (Phi) is 10.2. The number of benzene rings is 1. The molecule has 0 heterocycles. The van der Waals surface area contributed by atoms with E-state index in [1.165, 1.54) is 57.1 Å². The van der Waals surface area contributed by atoms with Crippen LogP contribution in [0.2, 0.25) is 0 Å². The predicted octanol–water partition coefficient (Wildman–Crippen LogP) is 8.66. The van der Waals surface area contributed by atoms with Gasteiger partial charge in [0.2, 0.25) is 0 Å². The molecule has 0 bridgehead atoms. The van der Waals surface area contributed by atoms with Crippen molar-refractivity contribution in [1.29, 1.82) is 0 Å². The number of unbranched alkanes of at least 4 members (excludes halogenated alkanes) is 3. The van der Waals surface area contributed by atoms with Crippen LogP contribution in [0, 0.1) is 29.4 Å². The Bertz CT molecular complexity index is 834. The van der Waals surface area contributed by atoms with Gasteiger partial charge < -0.3 is 4.74 Å². The zero-order chi connectivity index (χ0) is 25.4. The highest BCUT2D eigenvalue weighted by atomic mass is 19.4. The first kappa shape index (κ1) is 27.7. The number of halogens is 5. The zero-order valence-electron chi connectivity index (χ0n) is 20.4. The van der Waals surface area contributed by atoms with Crippen LogP contribution < -0.4 is 0 Å². The van der Waals surface area contributed by atoms with Gasteiger partial charge in [-0.15, -0.1) is 0 Å². The Morgan fingerprint density at radius 3 is 2.06 bits per heavy atom. The third kappa shape index (κ3) is 8.32. The van der Waals surface area contributed by atoms with Gasteiger partial charge in [0.25, 0.3) is 0 Å². The summed E-state index contributed by atoms with van der Waals surface area (Å²) < 4.78 is 68.5. The lowest BCUT2D eigenvalue weighted by atomic mass is 9.68. The molecule has 196 valence electrons. The monoisotopic (exact) mass is 500 g/mol. The quantitative estimate of drug-likeness (QED) is 0.139. The second-order valence-corrected chi connectivity index (χ2v) is 10.4. The van der Waals surface area contributed by atoms with Crippen molar-refractivity contribution < 1.29 is 31.5 Å². The Balaban J connectivity index is 1.24. The molecule has 0 unspecified atom stereocenters. The fourth-order valence-corrected chi connectivity index (χ4v) is 5.89. The number of hydrogen-bond donors (Lipinski definition) is 0. The minimum atomic E-state index is -4.74. The van der Waals surface area contributed by atoms with Gasteiger partial charge >= 0.3 is 12.1 Å². The maximum Gasteiger partial charge on any atom is 0.422 e. The topological polar surface area (TPSA) is 26.3 Å². The van der Waals surface area contributed by atoms with Crippen LogP contribution in [0.4, 0.5) is 22.0 Å². The summed E-state index contributed by atoms with van der Waals surface area (Å²) in [6, 6.07) is 4.33. The van der Waals surface area contributed by atoms with Gasteiger partial charge in [0, 0.05) is 0 Å². The molecule has 2 aliphatic carbocycles. The van der Waals surface area contributed by atoms with E-state index in [2.05, 4.69) is 11.3 Å². The van der Waals surface area contributed by atoms with E-state index in [1.807, 2.05) is 0 Å². The van der Waals surface area contributed by atoms with Gasteiger partial charge in [-0.3, -0.25) is 0 Å². The lowest BCUT2D eigenvalue weighted by molar-refractivity contribution is -0.150. The first-order valence-corrected chi connectivity index (χ1v) is 13.0. The highest BCUT2D eigenvalue weighted by molar-refractivity contribution is 5.89. The second kappa shape index (κ2) is 12.9. The summed E-state index contributed by atoms with van der Waals surface area (Å²) in [5.41, 5.74) is -0.527. The maximum atomic E-state index is 13.6. The van der Waals surface area contributed by atoms with Crippen molar-refractivity contribution in [3.63, 3.8) is 0 Å². The Hall–Kier alpha value is -1.92. The number of carbonyl (C=O) groups excluding carboxylic acids is 1. The van der Waals surface area contributed by atoms with Crippen LogP contribution in [-0.4, -0.2) is 18.8 Å². The molecular formula is C28H37F5O2. The Morgan fingerprint density at radius 1 is 0.857 bits per heavy atom. The van der Waals surface area contributed by atoms with Gasteiger partial charge in [0.15, 0.2) is 11.6 Å². The molecule has 2 saturated carbocycles. The molecule has 2 nitrogen and oxygen atoms in total. The molecule has 0 N–H and O–H groups in total. The van der Waals surface area contributed by atoms with Crippen LogP contribution in [-0.2, 0) is 9.53 Å². The Labute approximate surface area is 205 Å². The molecule has 35 heavy (non-hydrogen) atoms. The van der Waals surface area contributed by atoms with E-state index in [0.717, 1.165) is 55.4 Å². The molecule has 0 saturated heterocycles. The average molecular weight is 501 g/mol. The van der Waals surface area contributed by atoms with Crippen LogP contribution in [0.15, 0.2) is 30.4 Å². The van der Waals surface area contributed by atoms with Crippen LogP contribution in [0.25, 0.3) is 0 Å². The lowest BCUT2D eigenvalue weighted by Crippen LogP contribution is -2.25. The molecule has 0 aromatic heterocycles. The van der Waals surface area contributed by atoms with E-state index in [9.17, 15) is 26.7 Å². The maximum absolute atomic E-state index is 13.6. The first-order chi connectivity index (χ1) is 16.6. The summed E-state index contributed by atoms with van der Waals surface area (Å²) in [5, 5.41) is 0. The van der Waals surface area contributed by atoms with Crippen molar-refractivity contribution in [2.24, 2.45) is 17.8 Å². The van der Waals surface area contributed by atoms with Gasteiger partial charge in [-0.25, -0.2) is 13.6 Å². The molecular weight excluding hydrogens is 463 g/mol. The molecule has 1 aromatic carbocycles. The minimum Gasteiger partial charge on any atom is -0.462 e. The smallest absolute Gasteiger partial charge is 0.422 e. The van der Waals surface area contributed by atoms with Crippen molar-refractivity contribution in [1.82, 2.24) is 0 Å². The number of rotatable bonds is 10. The average Bonchev–Trinajstić information content (AvgIpc) is 2.84. The molecule has 0 amide bonds. The van der Waals surface area contributed by atoms with Gasteiger partial charge in [-0.1, -0.05) is 51.2 Å². The molecule has 0 radical (unpaired) electrons. The zero-order valence-corrected chi connectivity index (χ0v) is 20.4. The van der Waals surface area contributed by atoms with Gasteiger partial charge in [0.05, 0.1) is 6.61 Å². The fourth-order valence-electron chi connectivity index (χ4n) is 5.89. The van der Waals surface area contributed by atoms with Crippen molar-refractivity contribution in [3.8, 4) is 0 Å². The van der Waals surface area contributed by atoms with Crippen molar-refractivity contribution in [2.75, 3.05) is 6.61 Å². The van der Waals surface area contributed by atoms with E-state index in [4.69, 9.17) is 0 Å². The van der Waals surface area contributed by atoms with E-state index < -0.39 is 29.4 Å². The molecule has 0 spiro atoms. The highest BCUT2D eigenvalue weighted by Crippen LogP contribution is 2.44. The van der Waals surface area contributed by atoms with Crippen molar-refractivity contribution >= 4 is 5.97 Å². The molecule has 0 aliphatic heterocycles. The van der Waals surface area contributed by atoms with Crippen molar-refractivity contribution in [3.05, 3.63) is 47.5 Å². The summed E-state index contributed by atoms with van der Waals surface area (Å²) in [6.45, 7) is 2.74. The van der Waals surface area contributed by atoms with E-state index in [1.54, 1.807) is 6.07 Å². The Morgan fingerprint density at radius 2 is 1.46 bits per heavy atom. The lowest BCUT2D eigenvalue weighted by Gasteiger charge is -2.38. The third-order valence-corrected chi connectivity index (χ3v) is 8.07. The third-order valence-electron chi connectivity index (χ3n) is 8.07. The summed E-state index contributed by atoms with van der Waals surface area (Å²) in [5.74, 6) is -0.309. The minimum absolute atomic E-state index is 0.00259. The molecule has 2 aliphatic rings. The van der Waals surface area contributed by atoms with Crippen LogP contribution in [0.5, 0.6) is 0 Å². The molecule has 7 heteroatoms. The summed E-state index contributed by atoms with van der Waals surface area (Å²) in [4.78, 5) is 11.3. The molecule has 0 atom stereocenters. The number of ether oxygens (including phenoxy) is 1. The van der Waals surface area contributed by atoms with Crippen molar-refractivity contribution in [2.45, 2.75) is 95.6 Å². The van der Waals surface area contributed by atoms with E-state index >= 15 is 0 Å².